The van der Waals surface area contributed by atoms with E-state index in [1.54, 1.807) is 10.9 Å². The van der Waals surface area contributed by atoms with Gasteiger partial charge in [-0.05, 0) is 49.5 Å². The molecule has 2 amide bonds. The zero-order chi connectivity index (χ0) is 26.7. The molecule has 1 saturated carbocycles. The van der Waals surface area contributed by atoms with Crippen molar-refractivity contribution in [3.05, 3.63) is 42.5 Å². The number of anilines is 2. The third kappa shape index (κ3) is 6.17. The van der Waals surface area contributed by atoms with Crippen molar-refractivity contribution >= 4 is 28.7 Å². The highest BCUT2D eigenvalue weighted by Gasteiger charge is 2.43. The molecular formula is C26H38N8O3. The number of nitrogens with one attached hydrogen (secondary N) is 2. The highest BCUT2D eigenvalue weighted by atomic mass is 16.3. The van der Waals surface area contributed by atoms with Gasteiger partial charge in [-0.3, -0.25) is 0 Å². The fourth-order valence-electron chi connectivity index (χ4n) is 4.94. The number of amides is 2. The van der Waals surface area contributed by atoms with E-state index in [9.17, 15) is 15.0 Å². The third-order valence-corrected chi connectivity index (χ3v) is 7.07. The number of rotatable bonds is 8. The van der Waals surface area contributed by atoms with Gasteiger partial charge in [0.15, 0.2) is 11.5 Å². The van der Waals surface area contributed by atoms with E-state index < -0.39 is 12.2 Å². The van der Waals surface area contributed by atoms with Gasteiger partial charge in [0.05, 0.1) is 18.5 Å². The summed E-state index contributed by atoms with van der Waals surface area (Å²) in [7, 11) is 1.98. The lowest BCUT2D eigenvalue weighted by Crippen LogP contribution is -2.36. The summed E-state index contributed by atoms with van der Waals surface area (Å²) < 4.78 is 1.78. The smallest absolute Gasteiger partial charge is 0.319 e. The van der Waals surface area contributed by atoms with Crippen LogP contribution in [0.4, 0.5) is 16.3 Å². The predicted molar refractivity (Wildman–Crippen MR) is 143 cm³/mol. The van der Waals surface area contributed by atoms with Gasteiger partial charge in [0.2, 0.25) is 0 Å². The molecule has 3 aromatic rings. The Morgan fingerprint density at radius 2 is 1.89 bits per heavy atom. The fourth-order valence-corrected chi connectivity index (χ4v) is 4.94. The third-order valence-electron chi connectivity index (χ3n) is 7.07. The average Bonchev–Trinajstić information content (AvgIpc) is 3.39. The van der Waals surface area contributed by atoms with E-state index in [1.165, 1.54) is 11.9 Å². The van der Waals surface area contributed by atoms with Gasteiger partial charge in [-0.2, -0.15) is 0 Å². The second kappa shape index (κ2) is 11.0. The maximum Gasteiger partial charge on any atom is 0.319 e. The average molecular weight is 511 g/mol. The molecule has 4 atom stereocenters. The van der Waals surface area contributed by atoms with Crippen molar-refractivity contribution in [3.8, 4) is 0 Å². The van der Waals surface area contributed by atoms with Crippen LogP contribution >= 0.6 is 0 Å². The van der Waals surface area contributed by atoms with Crippen molar-refractivity contribution in [1.29, 1.82) is 0 Å². The van der Waals surface area contributed by atoms with Crippen LogP contribution in [0.1, 0.15) is 45.2 Å². The zero-order valence-electron chi connectivity index (χ0n) is 21.9. The topological polar surface area (TPSA) is 154 Å². The lowest BCUT2D eigenvalue weighted by Gasteiger charge is -2.23. The van der Waals surface area contributed by atoms with Gasteiger partial charge in [0, 0.05) is 24.7 Å². The number of nitrogen functional groups attached to an aromatic ring is 1. The number of aromatic nitrogens is 4. The van der Waals surface area contributed by atoms with Crippen LogP contribution in [0.3, 0.4) is 0 Å². The maximum absolute atomic E-state index is 12.2. The number of imidazole rings is 1. The van der Waals surface area contributed by atoms with Crippen LogP contribution in [0, 0.1) is 5.92 Å². The molecule has 1 aromatic carbocycles. The normalized spacial score (nSPS) is 22.0. The van der Waals surface area contributed by atoms with Crippen molar-refractivity contribution < 1.29 is 15.0 Å². The standard InChI is InChI=1S/C26H38N8O3/c1-26(2,3)17-6-8-18(9-7-17)32-25(37)28-10-5-11-33(4)13-16-12-19(22(36)21(16)35)34-15-31-20-23(27)29-14-30-24(20)34/h6-9,14-16,19,21-22,35-36H,5,10-13H2,1-4H3,(H2,27,29,30)(H2,28,32,37). The number of carbonyl (C=O) groups excluding carboxylic acids is 1. The first-order valence-electron chi connectivity index (χ1n) is 12.7. The molecule has 2 heterocycles. The van der Waals surface area contributed by atoms with Crippen LogP contribution in [0.2, 0.25) is 0 Å². The Balaban J connectivity index is 1.21. The first-order chi connectivity index (χ1) is 17.5. The van der Waals surface area contributed by atoms with Crippen LogP contribution in [-0.2, 0) is 5.41 Å². The van der Waals surface area contributed by atoms with E-state index >= 15 is 0 Å². The molecule has 37 heavy (non-hydrogen) atoms. The van der Waals surface area contributed by atoms with Gasteiger partial charge in [0.1, 0.15) is 17.9 Å². The van der Waals surface area contributed by atoms with Crippen LogP contribution in [-0.4, -0.2) is 79.6 Å². The van der Waals surface area contributed by atoms with E-state index in [2.05, 4.69) is 51.3 Å². The van der Waals surface area contributed by atoms with Crippen molar-refractivity contribution in [2.24, 2.45) is 5.92 Å². The summed E-state index contributed by atoms with van der Waals surface area (Å²) in [5.41, 5.74) is 8.95. The number of benzene rings is 1. The first-order valence-corrected chi connectivity index (χ1v) is 12.7. The number of nitrogens with two attached hydrogens (primary N) is 1. The summed E-state index contributed by atoms with van der Waals surface area (Å²) in [6.07, 6.45) is 2.50. The lowest BCUT2D eigenvalue weighted by atomic mass is 9.87. The summed E-state index contributed by atoms with van der Waals surface area (Å²) in [6, 6.07) is 7.30. The number of urea groups is 1. The van der Waals surface area contributed by atoms with Gasteiger partial charge >= 0.3 is 6.03 Å². The van der Waals surface area contributed by atoms with Crippen molar-refractivity contribution in [3.63, 3.8) is 0 Å². The number of hydrogen-bond acceptors (Lipinski definition) is 8. The summed E-state index contributed by atoms with van der Waals surface area (Å²) in [5.74, 6) is 0.169. The van der Waals surface area contributed by atoms with E-state index in [0.29, 0.717) is 30.7 Å². The highest BCUT2D eigenvalue weighted by molar-refractivity contribution is 5.89. The monoisotopic (exact) mass is 510 g/mol. The SMILES string of the molecule is CN(CCCNC(=O)Nc1ccc(C(C)(C)C)cc1)CC1CC(n2cnc3c(N)ncnc32)C(O)C1O. The van der Waals surface area contributed by atoms with Gasteiger partial charge in [-0.25, -0.2) is 19.7 Å². The Morgan fingerprint density at radius 3 is 2.59 bits per heavy atom. The molecule has 1 aliphatic rings. The summed E-state index contributed by atoms with van der Waals surface area (Å²) in [4.78, 5) is 26.9. The number of fused-ring (bicyclic) bond motifs is 1. The molecule has 0 spiro atoms. The van der Waals surface area contributed by atoms with Crippen molar-refractivity contribution in [2.45, 2.75) is 57.3 Å². The number of aliphatic hydroxyl groups excluding tert-OH is 2. The van der Waals surface area contributed by atoms with Gasteiger partial charge in [-0.15, -0.1) is 0 Å². The van der Waals surface area contributed by atoms with Crippen molar-refractivity contribution in [1.82, 2.24) is 29.7 Å². The Labute approximate surface area is 217 Å². The highest BCUT2D eigenvalue weighted by Crippen LogP contribution is 2.37. The molecule has 0 aliphatic heterocycles. The molecule has 2 aromatic heterocycles. The van der Waals surface area contributed by atoms with Crippen molar-refractivity contribution in [2.75, 3.05) is 37.7 Å². The van der Waals surface area contributed by atoms with Crippen LogP contribution in [0.25, 0.3) is 11.2 Å². The molecule has 1 fully saturated rings. The molecular weight excluding hydrogens is 472 g/mol. The summed E-state index contributed by atoms with van der Waals surface area (Å²) >= 11 is 0. The molecule has 200 valence electrons. The van der Waals surface area contributed by atoms with E-state index in [-0.39, 0.29) is 29.2 Å². The lowest BCUT2D eigenvalue weighted by molar-refractivity contribution is 0.00164. The molecule has 0 radical (unpaired) electrons. The molecule has 1 aliphatic carbocycles. The van der Waals surface area contributed by atoms with E-state index in [1.807, 2.05) is 31.3 Å². The minimum Gasteiger partial charge on any atom is -0.390 e. The molecule has 11 nitrogen and oxygen atoms in total. The van der Waals surface area contributed by atoms with Crippen LogP contribution in [0.15, 0.2) is 36.9 Å². The Bertz CT molecular complexity index is 1210. The Morgan fingerprint density at radius 1 is 1.16 bits per heavy atom. The maximum atomic E-state index is 12.2. The second-order valence-corrected chi connectivity index (χ2v) is 11.0. The summed E-state index contributed by atoms with van der Waals surface area (Å²) in [6.45, 7) is 8.34. The number of aliphatic hydroxyl groups is 2. The number of hydrogen-bond donors (Lipinski definition) is 5. The summed E-state index contributed by atoms with van der Waals surface area (Å²) in [5, 5.41) is 27.2. The Kier molecular flexibility index (Phi) is 7.96. The van der Waals surface area contributed by atoms with Gasteiger partial charge in [0.25, 0.3) is 0 Å². The van der Waals surface area contributed by atoms with Crippen LogP contribution < -0.4 is 16.4 Å². The molecule has 4 unspecified atom stereocenters. The number of carbonyl (C=O) groups is 1. The minimum absolute atomic E-state index is 0.0672. The largest absolute Gasteiger partial charge is 0.390 e. The molecule has 6 N–H and O–H groups in total. The fraction of sp³-hybridized carbons (Fsp3) is 0.538. The zero-order valence-corrected chi connectivity index (χ0v) is 21.9. The first kappa shape index (κ1) is 26.8. The predicted octanol–water partition coefficient (Wildman–Crippen LogP) is 2.13. The minimum atomic E-state index is -0.935. The molecule has 4 rings (SSSR count). The molecule has 0 saturated heterocycles. The molecule has 11 heteroatoms. The van der Waals surface area contributed by atoms with E-state index in [0.717, 1.165) is 18.7 Å². The number of nitrogens with zero attached hydrogens (tertiary/aromatic N) is 5. The van der Waals surface area contributed by atoms with Gasteiger partial charge in [-0.1, -0.05) is 32.9 Å². The Hall–Kier alpha value is -3.28. The molecule has 0 bridgehead atoms. The quantitative estimate of drug-likeness (QED) is 0.289. The van der Waals surface area contributed by atoms with Gasteiger partial charge < -0.3 is 36.0 Å². The second-order valence-electron chi connectivity index (χ2n) is 11.0. The van der Waals surface area contributed by atoms with Crippen LogP contribution in [0.5, 0.6) is 0 Å². The van der Waals surface area contributed by atoms with E-state index in [4.69, 9.17) is 5.73 Å².